The number of carbonyl (C=O) groups is 3. The van der Waals surface area contributed by atoms with Crippen LogP contribution in [0.15, 0.2) is 66.4 Å². The van der Waals surface area contributed by atoms with Crippen LogP contribution in [-0.2, 0) is 9.59 Å². The van der Waals surface area contributed by atoms with Crippen LogP contribution in [-0.4, -0.2) is 33.0 Å². The van der Waals surface area contributed by atoms with Gasteiger partial charge in [0.2, 0.25) is 5.88 Å². The second-order valence-electron chi connectivity index (χ2n) is 6.31. The highest BCUT2D eigenvalue weighted by Crippen LogP contribution is 2.24. The molecule has 10 heteroatoms. The first-order chi connectivity index (χ1) is 15.2. The fourth-order valence-corrected chi connectivity index (χ4v) is 2.79. The minimum atomic E-state index is -1.53. The zero-order valence-corrected chi connectivity index (χ0v) is 17.6. The number of benzene rings is 2. The first-order valence-electron chi connectivity index (χ1n) is 8.91. The number of amides is 1. The summed E-state index contributed by atoms with van der Waals surface area (Å²) in [4.78, 5) is 38.3. The molecule has 0 saturated heterocycles. The van der Waals surface area contributed by atoms with Crippen molar-refractivity contribution in [3.63, 3.8) is 0 Å². The molecule has 0 fully saturated rings. The molecule has 0 bridgehead atoms. The summed E-state index contributed by atoms with van der Waals surface area (Å²) in [6, 6.07) is 13.8. The Bertz CT molecular complexity index is 1190. The average Bonchev–Trinajstić information content (AvgIpc) is 2.76. The van der Waals surface area contributed by atoms with Crippen molar-refractivity contribution in [2.24, 2.45) is 0 Å². The summed E-state index contributed by atoms with van der Waals surface area (Å²) < 4.78 is 5.60. The summed E-state index contributed by atoms with van der Waals surface area (Å²) in [5, 5.41) is 21.1. The standard InChI is InChI=1S/C22H14Cl2N2O6/c23-17-7-3-13(10-18(17)24)20(27)26-14-4-8-19(25-11-14)32-15-5-1-12(2-6-15)9-16(21(28)29)22(30)31/h1-11H,(H,26,27)(H,28,29)(H,30,31). The number of anilines is 1. The number of halogens is 2. The summed E-state index contributed by atoms with van der Waals surface area (Å²) >= 11 is 11.8. The summed E-state index contributed by atoms with van der Waals surface area (Å²) in [5.41, 5.74) is 0.399. The molecule has 0 atom stereocenters. The van der Waals surface area contributed by atoms with E-state index in [0.29, 0.717) is 27.6 Å². The van der Waals surface area contributed by atoms with Gasteiger partial charge in [0.25, 0.3) is 5.91 Å². The first-order valence-corrected chi connectivity index (χ1v) is 9.67. The van der Waals surface area contributed by atoms with Gasteiger partial charge in [-0.25, -0.2) is 14.6 Å². The molecular weight excluding hydrogens is 459 g/mol. The number of pyridine rings is 1. The van der Waals surface area contributed by atoms with Crippen LogP contribution in [0.4, 0.5) is 5.69 Å². The van der Waals surface area contributed by atoms with Crippen molar-refractivity contribution >= 4 is 52.8 Å². The second kappa shape index (κ2) is 9.95. The number of hydrogen-bond donors (Lipinski definition) is 3. The smallest absolute Gasteiger partial charge is 0.343 e. The molecule has 0 aliphatic rings. The number of aromatic nitrogens is 1. The minimum Gasteiger partial charge on any atom is -0.477 e. The number of carboxylic acid groups (broad SMARTS) is 2. The number of nitrogens with zero attached hydrogens (tertiary/aromatic N) is 1. The molecule has 0 radical (unpaired) electrons. The molecule has 3 N–H and O–H groups in total. The van der Waals surface area contributed by atoms with E-state index in [2.05, 4.69) is 10.3 Å². The predicted molar refractivity (Wildman–Crippen MR) is 118 cm³/mol. The molecular formula is C22H14Cl2N2O6. The largest absolute Gasteiger partial charge is 0.477 e. The van der Waals surface area contributed by atoms with E-state index in [-0.39, 0.29) is 16.8 Å². The monoisotopic (exact) mass is 472 g/mol. The van der Waals surface area contributed by atoms with Crippen molar-refractivity contribution in [1.29, 1.82) is 0 Å². The third-order valence-electron chi connectivity index (χ3n) is 4.05. The molecule has 0 unspecified atom stereocenters. The highest BCUT2D eigenvalue weighted by Gasteiger charge is 2.15. The van der Waals surface area contributed by atoms with E-state index in [0.717, 1.165) is 6.08 Å². The molecule has 1 heterocycles. The molecule has 2 aromatic carbocycles. The minimum absolute atomic E-state index is 0.248. The number of aliphatic carboxylic acids is 2. The van der Waals surface area contributed by atoms with E-state index >= 15 is 0 Å². The van der Waals surface area contributed by atoms with Gasteiger partial charge in [0.05, 0.1) is 21.9 Å². The van der Waals surface area contributed by atoms with Gasteiger partial charge in [-0.05, 0) is 48.0 Å². The molecule has 0 saturated carbocycles. The van der Waals surface area contributed by atoms with E-state index in [1.165, 1.54) is 42.6 Å². The second-order valence-corrected chi connectivity index (χ2v) is 7.12. The van der Waals surface area contributed by atoms with Crippen LogP contribution in [0.5, 0.6) is 11.6 Å². The molecule has 3 rings (SSSR count). The molecule has 1 amide bonds. The highest BCUT2D eigenvalue weighted by molar-refractivity contribution is 6.42. The van der Waals surface area contributed by atoms with Crippen molar-refractivity contribution < 1.29 is 29.3 Å². The Morgan fingerprint density at radius 2 is 1.59 bits per heavy atom. The van der Waals surface area contributed by atoms with Crippen molar-refractivity contribution in [2.75, 3.05) is 5.32 Å². The number of hydrogen-bond acceptors (Lipinski definition) is 5. The summed E-state index contributed by atoms with van der Waals surface area (Å²) in [7, 11) is 0. The number of ether oxygens (including phenoxy) is 1. The summed E-state index contributed by atoms with van der Waals surface area (Å²) in [6.45, 7) is 0. The van der Waals surface area contributed by atoms with Gasteiger partial charge in [-0.3, -0.25) is 4.79 Å². The van der Waals surface area contributed by atoms with Gasteiger partial charge < -0.3 is 20.3 Å². The molecule has 0 aliphatic heterocycles. The highest BCUT2D eigenvalue weighted by atomic mass is 35.5. The zero-order valence-electron chi connectivity index (χ0n) is 16.1. The Morgan fingerprint density at radius 1 is 0.906 bits per heavy atom. The Balaban J connectivity index is 1.65. The molecule has 8 nitrogen and oxygen atoms in total. The SMILES string of the molecule is O=C(O)C(=Cc1ccc(Oc2ccc(NC(=O)c3ccc(Cl)c(Cl)c3)cn2)cc1)C(=O)O. The Labute approximate surface area is 191 Å². The van der Waals surface area contributed by atoms with E-state index in [9.17, 15) is 14.4 Å². The lowest BCUT2D eigenvalue weighted by atomic mass is 10.1. The van der Waals surface area contributed by atoms with Crippen LogP contribution in [0.2, 0.25) is 10.0 Å². The average molecular weight is 473 g/mol. The summed E-state index contributed by atoms with van der Waals surface area (Å²) in [6.07, 6.45) is 2.45. The quantitative estimate of drug-likeness (QED) is 0.251. The van der Waals surface area contributed by atoms with Crippen molar-refractivity contribution in [3.05, 3.63) is 87.5 Å². The molecule has 32 heavy (non-hydrogen) atoms. The normalized spacial score (nSPS) is 10.2. The van der Waals surface area contributed by atoms with Gasteiger partial charge in [-0.1, -0.05) is 35.3 Å². The maximum absolute atomic E-state index is 12.3. The first kappa shape index (κ1) is 22.8. The fourth-order valence-electron chi connectivity index (χ4n) is 2.49. The van der Waals surface area contributed by atoms with Gasteiger partial charge >= 0.3 is 11.9 Å². The lowest BCUT2D eigenvalue weighted by Gasteiger charge is -2.08. The number of carbonyl (C=O) groups excluding carboxylic acids is 1. The van der Waals surface area contributed by atoms with Crippen LogP contribution in [0, 0.1) is 0 Å². The Hall–Kier alpha value is -3.88. The molecule has 162 valence electrons. The van der Waals surface area contributed by atoms with Crippen molar-refractivity contribution in [2.45, 2.75) is 0 Å². The molecule has 0 spiro atoms. The summed E-state index contributed by atoms with van der Waals surface area (Å²) in [5.74, 6) is -2.81. The maximum atomic E-state index is 12.3. The number of carboxylic acids is 2. The van der Waals surface area contributed by atoms with E-state index in [1.54, 1.807) is 18.2 Å². The Morgan fingerprint density at radius 3 is 2.16 bits per heavy atom. The van der Waals surface area contributed by atoms with Crippen LogP contribution in [0.25, 0.3) is 6.08 Å². The number of rotatable bonds is 7. The van der Waals surface area contributed by atoms with Gasteiger partial charge in [-0.15, -0.1) is 0 Å². The van der Waals surface area contributed by atoms with Crippen LogP contribution in [0.3, 0.4) is 0 Å². The predicted octanol–water partition coefficient (Wildman–Crippen LogP) is 4.99. The van der Waals surface area contributed by atoms with Crippen molar-refractivity contribution in [1.82, 2.24) is 4.98 Å². The van der Waals surface area contributed by atoms with E-state index in [4.69, 9.17) is 38.2 Å². The van der Waals surface area contributed by atoms with E-state index in [1.807, 2.05) is 0 Å². The van der Waals surface area contributed by atoms with E-state index < -0.39 is 17.5 Å². The third kappa shape index (κ3) is 5.84. The van der Waals surface area contributed by atoms with Crippen LogP contribution < -0.4 is 10.1 Å². The lowest BCUT2D eigenvalue weighted by Crippen LogP contribution is -2.12. The topological polar surface area (TPSA) is 126 Å². The van der Waals surface area contributed by atoms with Crippen LogP contribution >= 0.6 is 23.2 Å². The molecule has 1 aromatic heterocycles. The van der Waals surface area contributed by atoms with Crippen LogP contribution in [0.1, 0.15) is 15.9 Å². The zero-order chi connectivity index (χ0) is 23.3. The van der Waals surface area contributed by atoms with Gasteiger partial charge in [0, 0.05) is 11.6 Å². The lowest BCUT2D eigenvalue weighted by molar-refractivity contribution is -0.140. The van der Waals surface area contributed by atoms with Gasteiger partial charge in [-0.2, -0.15) is 0 Å². The Kier molecular flexibility index (Phi) is 7.09. The van der Waals surface area contributed by atoms with Gasteiger partial charge in [0.1, 0.15) is 11.3 Å². The third-order valence-corrected chi connectivity index (χ3v) is 4.79. The number of nitrogens with one attached hydrogen (secondary N) is 1. The van der Waals surface area contributed by atoms with Crippen molar-refractivity contribution in [3.8, 4) is 11.6 Å². The fraction of sp³-hybridized carbons (Fsp3) is 0. The maximum Gasteiger partial charge on any atom is 0.343 e. The molecule has 0 aliphatic carbocycles. The molecule has 3 aromatic rings. The van der Waals surface area contributed by atoms with Gasteiger partial charge in [0.15, 0.2) is 0 Å².